The van der Waals surface area contributed by atoms with Crippen molar-refractivity contribution in [2.45, 2.75) is 20.3 Å². The van der Waals surface area contributed by atoms with Gasteiger partial charge in [-0.1, -0.05) is 31.2 Å². The highest BCUT2D eigenvalue weighted by Gasteiger charge is 1.98. The minimum Gasteiger partial charge on any atom is -0.370 e. The second-order valence-electron chi connectivity index (χ2n) is 3.95. The molecule has 18 heavy (non-hydrogen) atoms. The number of nitrogens with two attached hydrogens (primary N) is 1. The van der Waals surface area contributed by atoms with Crippen LogP contribution in [0.1, 0.15) is 24.5 Å². The Bertz CT molecular complexity index is 464. The van der Waals surface area contributed by atoms with Gasteiger partial charge in [0, 0.05) is 12.6 Å². The number of carbonyl (C=O) groups is 1. The molecular formula is C14H19N3O. The summed E-state index contributed by atoms with van der Waals surface area (Å²) in [6.07, 6.45) is 4.12. The zero-order valence-electron chi connectivity index (χ0n) is 10.8. The Morgan fingerprint density at radius 1 is 1.44 bits per heavy atom. The maximum atomic E-state index is 11.5. The third-order valence-electron chi connectivity index (χ3n) is 2.36. The van der Waals surface area contributed by atoms with Gasteiger partial charge in [-0.15, -0.1) is 0 Å². The fourth-order valence-corrected chi connectivity index (χ4v) is 1.38. The van der Waals surface area contributed by atoms with Crippen LogP contribution in [0.2, 0.25) is 0 Å². The quantitative estimate of drug-likeness (QED) is 0.483. The Hall–Kier alpha value is -2.10. The van der Waals surface area contributed by atoms with Crippen LogP contribution in [0.25, 0.3) is 6.08 Å². The van der Waals surface area contributed by atoms with Gasteiger partial charge in [0.2, 0.25) is 0 Å². The number of hydrogen-bond acceptors (Lipinski definition) is 2. The van der Waals surface area contributed by atoms with E-state index in [4.69, 9.17) is 5.73 Å². The van der Waals surface area contributed by atoms with E-state index in [1.807, 2.05) is 38.1 Å². The minimum atomic E-state index is -0.268. The molecule has 0 bridgehead atoms. The van der Waals surface area contributed by atoms with Crippen LogP contribution in [0.4, 0.5) is 0 Å². The first-order chi connectivity index (χ1) is 8.63. The van der Waals surface area contributed by atoms with E-state index in [2.05, 4.69) is 10.3 Å². The molecule has 4 nitrogen and oxygen atoms in total. The highest BCUT2D eigenvalue weighted by Crippen LogP contribution is 2.08. The normalized spacial score (nSPS) is 11.8. The SMILES string of the molecule is CCCN=C(N)NC(=O)/C=C/c1ccccc1C. The van der Waals surface area contributed by atoms with E-state index in [9.17, 15) is 4.79 Å². The Morgan fingerprint density at radius 3 is 2.83 bits per heavy atom. The average Bonchev–Trinajstić information content (AvgIpc) is 2.35. The first-order valence-electron chi connectivity index (χ1n) is 5.98. The second-order valence-corrected chi connectivity index (χ2v) is 3.95. The molecule has 0 aliphatic rings. The van der Waals surface area contributed by atoms with Gasteiger partial charge < -0.3 is 5.73 Å². The molecule has 1 aromatic rings. The van der Waals surface area contributed by atoms with E-state index in [1.54, 1.807) is 6.08 Å². The topological polar surface area (TPSA) is 67.5 Å². The number of aliphatic imine (C=N–C) groups is 1. The van der Waals surface area contributed by atoms with Gasteiger partial charge >= 0.3 is 0 Å². The zero-order chi connectivity index (χ0) is 13.4. The van der Waals surface area contributed by atoms with Crippen molar-refractivity contribution in [2.75, 3.05) is 6.54 Å². The fourth-order valence-electron chi connectivity index (χ4n) is 1.38. The molecule has 1 aromatic carbocycles. The minimum absolute atomic E-state index is 0.163. The molecule has 0 radical (unpaired) electrons. The molecule has 0 aliphatic carbocycles. The van der Waals surface area contributed by atoms with Crippen molar-refractivity contribution >= 4 is 17.9 Å². The van der Waals surface area contributed by atoms with Crippen molar-refractivity contribution in [3.05, 3.63) is 41.5 Å². The maximum absolute atomic E-state index is 11.5. The molecule has 96 valence electrons. The summed E-state index contributed by atoms with van der Waals surface area (Å²) >= 11 is 0. The van der Waals surface area contributed by atoms with Crippen molar-refractivity contribution in [2.24, 2.45) is 10.7 Å². The summed E-state index contributed by atoms with van der Waals surface area (Å²) in [4.78, 5) is 15.5. The number of aryl methyl sites for hydroxylation is 1. The molecule has 0 unspecified atom stereocenters. The lowest BCUT2D eigenvalue weighted by atomic mass is 10.1. The molecule has 1 rings (SSSR count). The molecule has 1 amide bonds. The average molecular weight is 245 g/mol. The van der Waals surface area contributed by atoms with E-state index in [-0.39, 0.29) is 11.9 Å². The Kier molecular flexibility index (Phi) is 5.64. The lowest BCUT2D eigenvalue weighted by molar-refractivity contribution is -0.115. The smallest absolute Gasteiger partial charge is 0.250 e. The van der Waals surface area contributed by atoms with Crippen molar-refractivity contribution < 1.29 is 4.79 Å². The predicted octanol–water partition coefficient (Wildman–Crippen LogP) is 1.85. The highest BCUT2D eigenvalue weighted by molar-refractivity contribution is 6.03. The standard InChI is InChI=1S/C14H19N3O/c1-3-10-16-14(15)17-13(18)9-8-12-7-5-4-6-11(12)2/h4-9H,3,10H2,1-2H3,(H3,15,16,17,18)/b9-8+. The number of amides is 1. The van der Waals surface area contributed by atoms with Gasteiger partial charge in [-0.05, 0) is 30.5 Å². The molecule has 0 heterocycles. The summed E-state index contributed by atoms with van der Waals surface area (Å²) in [5.41, 5.74) is 7.67. The van der Waals surface area contributed by atoms with Crippen LogP contribution in [0, 0.1) is 6.92 Å². The van der Waals surface area contributed by atoms with Crippen molar-refractivity contribution in [1.82, 2.24) is 5.32 Å². The first-order valence-corrected chi connectivity index (χ1v) is 5.98. The number of carbonyl (C=O) groups excluding carboxylic acids is 1. The third kappa shape index (κ3) is 4.82. The van der Waals surface area contributed by atoms with Crippen LogP contribution < -0.4 is 11.1 Å². The summed E-state index contributed by atoms with van der Waals surface area (Å²) in [6.45, 7) is 4.61. The van der Waals surface area contributed by atoms with Gasteiger partial charge in [0.25, 0.3) is 5.91 Å². The van der Waals surface area contributed by atoms with Gasteiger partial charge in [0.05, 0.1) is 0 Å². The summed E-state index contributed by atoms with van der Waals surface area (Å²) in [5, 5.41) is 2.51. The number of nitrogens with zero attached hydrogens (tertiary/aromatic N) is 1. The molecule has 0 saturated carbocycles. The molecule has 4 heteroatoms. The fraction of sp³-hybridized carbons (Fsp3) is 0.286. The van der Waals surface area contributed by atoms with Crippen LogP contribution in [-0.2, 0) is 4.79 Å². The Morgan fingerprint density at radius 2 is 2.17 bits per heavy atom. The van der Waals surface area contributed by atoms with E-state index < -0.39 is 0 Å². The molecule has 3 N–H and O–H groups in total. The van der Waals surface area contributed by atoms with E-state index in [1.165, 1.54) is 6.08 Å². The van der Waals surface area contributed by atoms with Gasteiger partial charge in [-0.3, -0.25) is 15.1 Å². The summed E-state index contributed by atoms with van der Waals surface area (Å²) < 4.78 is 0. The van der Waals surface area contributed by atoms with Crippen LogP contribution in [0.3, 0.4) is 0 Å². The van der Waals surface area contributed by atoms with Gasteiger partial charge in [-0.2, -0.15) is 0 Å². The van der Waals surface area contributed by atoms with Gasteiger partial charge in [-0.25, -0.2) is 0 Å². The molecule has 0 aliphatic heterocycles. The first kappa shape index (κ1) is 14.0. The van der Waals surface area contributed by atoms with Crippen molar-refractivity contribution in [3.8, 4) is 0 Å². The van der Waals surface area contributed by atoms with E-state index in [0.29, 0.717) is 6.54 Å². The molecule has 0 fully saturated rings. The monoisotopic (exact) mass is 245 g/mol. The van der Waals surface area contributed by atoms with Crippen molar-refractivity contribution in [3.63, 3.8) is 0 Å². The highest BCUT2D eigenvalue weighted by atomic mass is 16.1. The summed E-state index contributed by atoms with van der Waals surface area (Å²) in [7, 11) is 0. The Balaban J connectivity index is 2.58. The number of guanidine groups is 1. The molecule has 0 aromatic heterocycles. The molecule has 0 atom stereocenters. The third-order valence-corrected chi connectivity index (χ3v) is 2.36. The largest absolute Gasteiger partial charge is 0.370 e. The molecule has 0 spiro atoms. The van der Waals surface area contributed by atoms with Gasteiger partial charge in [0.15, 0.2) is 5.96 Å². The number of hydrogen-bond donors (Lipinski definition) is 2. The summed E-state index contributed by atoms with van der Waals surface area (Å²) in [5.74, 6) is -0.105. The number of nitrogens with one attached hydrogen (secondary N) is 1. The lowest BCUT2D eigenvalue weighted by Gasteiger charge is -2.01. The van der Waals surface area contributed by atoms with Crippen LogP contribution in [0.5, 0.6) is 0 Å². The van der Waals surface area contributed by atoms with Crippen LogP contribution >= 0.6 is 0 Å². The second kappa shape index (κ2) is 7.27. The lowest BCUT2D eigenvalue weighted by Crippen LogP contribution is -2.35. The van der Waals surface area contributed by atoms with Crippen molar-refractivity contribution in [1.29, 1.82) is 0 Å². The maximum Gasteiger partial charge on any atom is 0.250 e. The summed E-state index contributed by atoms with van der Waals surface area (Å²) in [6, 6.07) is 7.84. The molecule has 0 saturated heterocycles. The van der Waals surface area contributed by atoms with E-state index >= 15 is 0 Å². The Labute approximate surface area is 108 Å². The van der Waals surface area contributed by atoms with Gasteiger partial charge in [0.1, 0.15) is 0 Å². The zero-order valence-corrected chi connectivity index (χ0v) is 10.8. The molecular weight excluding hydrogens is 226 g/mol. The van der Waals surface area contributed by atoms with E-state index in [0.717, 1.165) is 17.5 Å². The number of rotatable bonds is 4. The van der Waals surface area contributed by atoms with Crippen LogP contribution in [0.15, 0.2) is 35.3 Å². The van der Waals surface area contributed by atoms with Crippen LogP contribution in [-0.4, -0.2) is 18.4 Å². The number of benzene rings is 1. The predicted molar refractivity (Wildman–Crippen MR) is 75.1 cm³/mol.